The van der Waals surface area contributed by atoms with Gasteiger partial charge in [-0.1, -0.05) is 40.2 Å². The molecule has 0 atom stereocenters. The second-order valence-electron chi connectivity index (χ2n) is 4.67. The number of rotatable bonds is 2. The molecule has 3 aromatic rings. The molecule has 0 aliphatic carbocycles. The van der Waals surface area contributed by atoms with Crippen LogP contribution < -0.4 is 0 Å². The van der Waals surface area contributed by atoms with E-state index in [4.69, 9.17) is 9.15 Å². The molecular weight excluding hydrogens is 320 g/mol. The van der Waals surface area contributed by atoms with E-state index in [2.05, 4.69) is 15.9 Å². The Labute approximate surface area is 124 Å². The molecule has 0 aliphatic rings. The Bertz CT molecular complexity index is 817. The van der Waals surface area contributed by atoms with Gasteiger partial charge in [0.15, 0.2) is 0 Å². The number of halogens is 1. The summed E-state index contributed by atoms with van der Waals surface area (Å²) >= 11 is 3.56. The third-order valence-corrected chi connectivity index (χ3v) is 4.15. The van der Waals surface area contributed by atoms with Crippen LogP contribution in [0, 0.1) is 6.92 Å². The van der Waals surface area contributed by atoms with Crippen molar-refractivity contribution >= 4 is 43.6 Å². The van der Waals surface area contributed by atoms with Gasteiger partial charge in [-0.25, -0.2) is 0 Å². The number of hydrogen-bond donors (Lipinski definition) is 0. The summed E-state index contributed by atoms with van der Waals surface area (Å²) < 4.78 is 11.6. The molecule has 1 aromatic heterocycles. The van der Waals surface area contributed by atoms with Crippen molar-refractivity contribution in [1.82, 2.24) is 0 Å². The van der Waals surface area contributed by atoms with Crippen LogP contribution in [0.1, 0.15) is 11.3 Å². The molecule has 0 fully saturated rings. The fourth-order valence-electron chi connectivity index (χ4n) is 2.53. The SMILES string of the molecule is COC(=O)Cc1c(C)oc2cc(Br)c3ccccc3c12. The van der Waals surface area contributed by atoms with E-state index in [0.29, 0.717) is 0 Å². The zero-order valence-corrected chi connectivity index (χ0v) is 12.8. The topological polar surface area (TPSA) is 39.4 Å². The van der Waals surface area contributed by atoms with Gasteiger partial charge in [-0.2, -0.15) is 0 Å². The number of carbonyl (C=O) groups excluding carboxylic acids is 1. The lowest BCUT2D eigenvalue weighted by Gasteiger charge is -2.04. The summed E-state index contributed by atoms with van der Waals surface area (Å²) in [5, 5.41) is 3.17. The molecule has 0 unspecified atom stereocenters. The van der Waals surface area contributed by atoms with E-state index in [1.807, 2.05) is 37.3 Å². The van der Waals surface area contributed by atoms with Crippen LogP contribution in [0.2, 0.25) is 0 Å². The molecule has 0 aliphatic heterocycles. The van der Waals surface area contributed by atoms with Crippen molar-refractivity contribution in [3.05, 3.63) is 46.1 Å². The van der Waals surface area contributed by atoms with Crippen molar-refractivity contribution in [2.45, 2.75) is 13.3 Å². The van der Waals surface area contributed by atoms with Crippen LogP contribution in [-0.4, -0.2) is 13.1 Å². The number of ether oxygens (including phenoxy) is 1. The monoisotopic (exact) mass is 332 g/mol. The highest BCUT2D eigenvalue weighted by molar-refractivity contribution is 9.10. The molecule has 20 heavy (non-hydrogen) atoms. The first-order valence-corrected chi connectivity index (χ1v) is 7.07. The molecule has 4 heteroatoms. The molecule has 1 heterocycles. The minimum Gasteiger partial charge on any atom is -0.469 e. The van der Waals surface area contributed by atoms with E-state index in [-0.39, 0.29) is 12.4 Å². The van der Waals surface area contributed by atoms with Crippen molar-refractivity contribution in [3.8, 4) is 0 Å². The molecule has 0 spiro atoms. The molecule has 0 amide bonds. The fourth-order valence-corrected chi connectivity index (χ4v) is 3.08. The Morgan fingerprint density at radius 1 is 1.30 bits per heavy atom. The van der Waals surface area contributed by atoms with E-state index in [9.17, 15) is 4.79 Å². The highest BCUT2D eigenvalue weighted by atomic mass is 79.9. The lowest BCUT2D eigenvalue weighted by atomic mass is 10.0. The Morgan fingerprint density at radius 3 is 2.70 bits per heavy atom. The Morgan fingerprint density at radius 2 is 2.00 bits per heavy atom. The summed E-state index contributed by atoms with van der Waals surface area (Å²) in [5.74, 6) is 0.497. The van der Waals surface area contributed by atoms with Crippen LogP contribution in [0.5, 0.6) is 0 Å². The van der Waals surface area contributed by atoms with Crippen molar-refractivity contribution in [2.24, 2.45) is 0 Å². The number of benzene rings is 2. The van der Waals surface area contributed by atoms with Crippen molar-refractivity contribution in [2.75, 3.05) is 7.11 Å². The van der Waals surface area contributed by atoms with Gasteiger partial charge in [0.1, 0.15) is 11.3 Å². The van der Waals surface area contributed by atoms with E-state index in [1.165, 1.54) is 7.11 Å². The summed E-state index contributed by atoms with van der Waals surface area (Å²) in [6, 6.07) is 10.0. The van der Waals surface area contributed by atoms with Crippen LogP contribution in [0.15, 0.2) is 39.2 Å². The molecule has 3 nitrogen and oxygen atoms in total. The van der Waals surface area contributed by atoms with Crippen molar-refractivity contribution < 1.29 is 13.9 Å². The fraction of sp³-hybridized carbons (Fsp3) is 0.188. The van der Waals surface area contributed by atoms with Gasteiger partial charge < -0.3 is 9.15 Å². The number of methoxy groups -OCH3 is 1. The molecule has 0 saturated heterocycles. The van der Waals surface area contributed by atoms with Gasteiger partial charge >= 0.3 is 5.97 Å². The van der Waals surface area contributed by atoms with Gasteiger partial charge in [-0.3, -0.25) is 4.79 Å². The second-order valence-corrected chi connectivity index (χ2v) is 5.52. The van der Waals surface area contributed by atoms with Crippen LogP contribution in [-0.2, 0) is 16.0 Å². The van der Waals surface area contributed by atoms with E-state index in [0.717, 1.165) is 37.5 Å². The van der Waals surface area contributed by atoms with Gasteiger partial charge in [0.25, 0.3) is 0 Å². The first kappa shape index (κ1) is 13.2. The molecule has 0 saturated carbocycles. The number of esters is 1. The third kappa shape index (κ3) is 2.00. The largest absolute Gasteiger partial charge is 0.469 e. The number of fused-ring (bicyclic) bond motifs is 3. The normalized spacial score (nSPS) is 11.2. The first-order valence-electron chi connectivity index (χ1n) is 6.28. The van der Waals surface area contributed by atoms with Crippen LogP contribution in [0.4, 0.5) is 0 Å². The Hall–Kier alpha value is -1.81. The predicted molar refractivity (Wildman–Crippen MR) is 81.9 cm³/mol. The standard InChI is InChI=1S/C16H13BrO3/c1-9-12(7-15(18)19-2)16-11-6-4-3-5-10(11)13(17)8-14(16)20-9/h3-6,8H,7H2,1-2H3. The zero-order valence-electron chi connectivity index (χ0n) is 11.2. The van der Waals surface area contributed by atoms with Crippen LogP contribution in [0.25, 0.3) is 21.7 Å². The van der Waals surface area contributed by atoms with E-state index in [1.54, 1.807) is 0 Å². The smallest absolute Gasteiger partial charge is 0.310 e. The maximum absolute atomic E-state index is 11.6. The minimum atomic E-state index is -0.261. The third-order valence-electron chi connectivity index (χ3n) is 3.50. The average molecular weight is 333 g/mol. The Kier molecular flexibility index (Phi) is 3.26. The van der Waals surface area contributed by atoms with Gasteiger partial charge in [0.2, 0.25) is 0 Å². The maximum atomic E-state index is 11.6. The van der Waals surface area contributed by atoms with Crippen LogP contribution in [0.3, 0.4) is 0 Å². The van der Waals surface area contributed by atoms with Crippen molar-refractivity contribution in [3.63, 3.8) is 0 Å². The molecular formula is C16H13BrO3. The van der Waals surface area contributed by atoms with Crippen LogP contribution >= 0.6 is 15.9 Å². The van der Waals surface area contributed by atoms with E-state index < -0.39 is 0 Å². The summed E-state index contributed by atoms with van der Waals surface area (Å²) in [6.45, 7) is 1.88. The average Bonchev–Trinajstić information content (AvgIpc) is 2.75. The lowest BCUT2D eigenvalue weighted by molar-refractivity contribution is -0.139. The number of furan rings is 1. The van der Waals surface area contributed by atoms with Gasteiger partial charge in [0.05, 0.1) is 13.5 Å². The minimum absolute atomic E-state index is 0.223. The Balaban J connectivity index is 2.38. The highest BCUT2D eigenvalue weighted by Crippen LogP contribution is 2.36. The van der Waals surface area contributed by atoms with Crippen molar-refractivity contribution in [1.29, 1.82) is 0 Å². The molecule has 2 aromatic carbocycles. The maximum Gasteiger partial charge on any atom is 0.310 e. The molecule has 102 valence electrons. The van der Waals surface area contributed by atoms with Gasteiger partial charge in [0, 0.05) is 15.4 Å². The number of aryl methyl sites for hydroxylation is 1. The van der Waals surface area contributed by atoms with Gasteiger partial charge in [-0.15, -0.1) is 0 Å². The first-order chi connectivity index (χ1) is 9.61. The lowest BCUT2D eigenvalue weighted by Crippen LogP contribution is -2.04. The molecule has 3 rings (SSSR count). The molecule has 0 N–H and O–H groups in total. The summed E-state index contributed by atoms with van der Waals surface area (Å²) in [4.78, 5) is 11.6. The highest BCUT2D eigenvalue weighted by Gasteiger charge is 2.18. The molecule has 0 radical (unpaired) electrons. The number of carbonyl (C=O) groups is 1. The predicted octanol–water partition coefficient (Wildman–Crippen LogP) is 4.37. The summed E-state index contributed by atoms with van der Waals surface area (Å²) in [5.41, 5.74) is 1.68. The quantitative estimate of drug-likeness (QED) is 0.654. The summed E-state index contributed by atoms with van der Waals surface area (Å²) in [6.07, 6.45) is 0.223. The van der Waals surface area contributed by atoms with Gasteiger partial charge in [-0.05, 0) is 23.8 Å². The molecule has 0 bridgehead atoms. The second kappa shape index (κ2) is 4.94. The zero-order chi connectivity index (χ0) is 14.3. The van der Waals surface area contributed by atoms with E-state index >= 15 is 0 Å². The summed E-state index contributed by atoms with van der Waals surface area (Å²) in [7, 11) is 1.40. The number of hydrogen-bond acceptors (Lipinski definition) is 3.